The zero-order valence-electron chi connectivity index (χ0n) is 13.7. The molecule has 1 aromatic carbocycles. The van der Waals surface area contributed by atoms with E-state index < -0.39 is 0 Å². The molecule has 3 aromatic rings. The highest BCUT2D eigenvalue weighted by atomic mass is 35.5. The topological polar surface area (TPSA) is 69.0 Å². The highest BCUT2D eigenvalue weighted by Gasteiger charge is 2.17. The van der Waals surface area contributed by atoms with Gasteiger partial charge in [-0.2, -0.15) is 4.98 Å². The predicted octanol–water partition coefficient (Wildman–Crippen LogP) is 2.85. The number of nitrogens with one attached hydrogen (secondary N) is 1. The molecule has 0 radical (unpaired) electrons. The Morgan fingerprint density at radius 2 is 2.16 bits per heavy atom. The Labute approximate surface area is 149 Å². The first kappa shape index (κ1) is 16.1. The number of fused-ring (bicyclic) bond motifs is 1. The minimum absolute atomic E-state index is 0.144. The molecule has 2 aromatic heterocycles. The van der Waals surface area contributed by atoms with Crippen molar-refractivity contribution < 1.29 is 4.74 Å². The molecule has 6 nitrogen and oxygen atoms in total. The molecular weight excluding hydrogens is 340 g/mol. The number of hydrogen-bond acceptors (Lipinski definition) is 5. The van der Waals surface area contributed by atoms with E-state index in [0.717, 1.165) is 18.4 Å². The zero-order chi connectivity index (χ0) is 17.4. The molecule has 1 fully saturated rings. The van der Waals surface area contributed by atoms with Crippen LogP contribution in [0.15, 0.2) is 41.3 Å². The minimum atomic E-state index is -0.144. The number of aryl methyl sites for hydroxylation is 1. The highest BCUT2D eigenvalue weighted by Crippen LogP contribution is 2.27. The number of ether oxygens (including phenoxy) is 1. The van der Waals surface area contributed by atoms with Crippen LogP contribution < -0.4 is 10.9 Å². The first-order valence-electron chi connectivity index (χ1n) is 8.09. The highest BCUT2D eigenvalue weighted by molar-refractivity contribution is 6.33. The van der Waals surface area contributed by atoms with Gasteiger partial charge in [0.1, 0.15) is 5.65 Å². The van der Waals surface area contributed by atoms with E-state index in [1.807, 2.05) is 18.2 Å². The van der Waals surface area contributed by atoms with Gasteiger partial charge in [-0.1, -0.05) is 29.8 Å². The molecule has 1 atom stereocenters. The van der Waals surface area contributed by atoms with Crippen molar-refractivity contribution in [2.45, 2.75) is 12.5 Å². The van der Waals surface area contributed by atoms with Crippen LogP contribution in [0.3, 0.4) is 0 Å². The summed E-state index contributed by atoms with van der Waals surface area (Å²) >= 11 is 6.25. The first-order chi connectivity index (χ1) is 12.1. The third-order valence-electron chi connectivity index (χ3n) is 4.38. The number of anilines is 1. The maximum absolute atomic E-state index is 12.8. The quantitative estimate of drug-likeness (QED) is 0.781. The van der Waals surface area contributed by atoms with E-state index in [-0.39, 0.29) is 11.6 Å². The Kier molecular flexibility index (Phi) is 4.15. The third kappa shape index (κ3) is 2.99. The first-order valence-corrected chi connectivity index (χ1v) is 8.47. The summed E-state index contributed by atoms with van der Waals surface area (Å²) in [5, 5.41) is 4.58. The summed E-state index contributed by atoms with van der Waals surface area (Å²) in [5.41, 5.74) is 1.68. The van der Waals surface area contributed by atoms with Crippen molar-refractivity contribution in [2.75, 3.05) is 18.5 Å². The van der Waals surface area contributed by atoms with Gasteiger partial charge in [-0.25, -0.2) is 4.98 Å². The fourth-order valence-corrected chi connectivity index (χ4v) is 3.26. The van der Waals surface area contributed by atoms with E-state index in [2.05, 4.69) is 15.3 Å². The van der Waals surface area contributed by atoms with Crippen molar-refractivity contribution in [1.29, 1.82) is 0 Å². The van der Waals surface area contributed by atoms with Gasteiger partial charge < -0.3 is 10.1 Å². The smallest absolute Gasteiger partial charge is 0.259 e. The SMILES string of the molecule is Cn1c(=O)c(-c2ccccc2Cl)cc2cnc(N[C@H]3CCOC3)nc21. The van der Waals surface area contributed by atoms with Crippen molar-refractivity contribution in [3.05, 3.63) is 51.9 Å². The van der Waals surface area contributed by atoms with E-state index in [1.54, 1.807) is 25.4 Å². The Hall–Kier alpha value is -2.44. The van der Waals surface area contributed by atoms with Gasteiger partial charge >= 0.3 is 0 Å². The lowest BCUT2D eigenvalue weighted by Crippen LogP contribution is -2.23. The minimum Gasteiger partial charge on any atom is -0.379 e. The summed E-state index contributed by atoms with van der Waals surface area (Å²) < 4.78 is 6.88. The van der Waals surface area contributed by atoms with E-state index in [9.17, 15) is 4.79 Å². The van der Waals surface area contributed by atoms with Gasteiger partial charge in [-0.05, 0) is 18.6 Å². The molecule has 0 bridgehead atoms. The second kappa shape index (κ2) is 6.46. The van der Waals surface area contributed by atoms with Crippen LogP contribution in [-0.2, 0) is 11.8 Å². The lowest BCUT2D eigenvalue weighted by atomic mass is 10.1. The summed E-state index contributed by atoms with van der Waals surface area (Å²) in [6.07, 6.45) is 2.64. The number of benzene rings is 1. The maximum Gasteiger partial charge on any atom is 0.259 e. The molecule has 0 saturated carbocycles. The number of hydrogen-bond donors (Lipinski definition) is 1. The molecule has 4 rings (SSSR count). The number of nitrogens with zero attached hydrogens (tertiary/aromatic N) is 3. The lowest BCUT2D eigenvalue weighted by molar-refractivity contribution is 0.195. The molecule has 0 aliphatic carbocycles. The van der Waals surface area contributed by atoms with Crippen LogP contribution in [0.2, 0.25) is 5.02 Å². The molecule has 25 heavy (non-hydrogen) atoms. The number of halogens is 1. The van der Waals surface area contributed by atoms with Crippen molar-refractivity contribution in [1.82, 2.24) is 14.5 Å². The monoisotopic (exact) mass is 356 g/mol. The van der Waals surface area contributed by atoms with E-state index in [1.165, 1.54) is 4.57 Å². The van der Waals surface area contributed by atoms with Crippen LogP contribution in [0.25, 0.3) is 22.2 Å². The van der Waals surface area contributed by atoms with Crippen LogP contribution in [0.5, 0.6) is 0 Å². The zero-order valence-corrected chi connectivity index (χ0v) is 14.5. The Morgan fingerprint density at radius 3 is 2.92 bits per heavy atom. The number of rotatable bonds is 3. The predicted molar refractivity (Wildman–Crippen MR) is 98.1 cm³/mol. The molecule has 0 spiro atoms. The Bertz CT molecular complexity index is 996. The fraction of sp³-hybridized carbons (Fsp3) is 0.278. The van der Waals surface area contributed by atoms with Gasteiger partial charge in [-0.15, -0.1) is 0 Å². The molecule has 0 amide bonds. The standard InChI is InChI=1S/C18H17ClN4O2/c1-23-16-11(9-20-18(22-16)21-12-6-7-25-10-12)8-14(17(23)24)13-4-2-3-5-15(13)19/h2-5,8-9,12H,6-7,10H2,1H3,(H,20,21,22)/t12-/m0/s1. The molecule has 1 N–H and O–H groups in total. The molecule has 128 valence electrons. The fourth-order valence-electron chi connectivity index (χ4n) is 3.02. The third-order valence-corrected chi connectivity index (χ3v) is 4.71. The van der Waals surface area contributed by atoms with E-state index >= 15 is 0 Å². The van der Waals surface area contributed by atoms with Gasteiger partial charge in [0.2, 0.25) is 5.95 Å². The van der Waals surface area contributed by atoms with Gasteiger partial charge in [0.05, 0.1) is 12.6 Å². The van der Waals surface area contributed by atoms with Crippen LogP contribution in [0.4, 0.5) is 5.95 Å². The Balaban J connectivity index is 1.80. The van der Waals surface area contributed by atoms with Gasteiger partial charge in [0.25, 0.3) is 5.56 Å². The van der Waals surface area contributed by atoms with Gasteiger partial charge in [-0.3, -0.25) is 9.36 Å². The van der Waals surface area contributed by atoms with Crippen molar-refractivity contribution in [2.24, 2.45) is 7.05 Å². The molecule has 7 heteroatoms. The normalized spacial score (nSPS) is 17.1. The van der Waals surface area contributed by atoms with Crippen LogP contribution in [-0.4, -0.2) is 33.8 Å². The van der Waals surface area contributed by atoms with E-state index in [0.29, 0.717) is 34.4 Å². The van der Waals surface area contributed by atoms with Crippen molar-refractivity contribution >= 4 is 28.6 Å². The molecule has 1 saturated heterocycles. The molecule has 1 aliphatic rings. The van der Waals surface area contributed by atoms with Crippen LogP contribution >= 0.6 is 11.6 Å². The second-order valence-corrected chi connectivity index (χ2v) is 6.49. The average molecular weight is 357 g/mol. The molecule has 0 unspecified atom stereocenters. The number of pyridine rings is 1. The van der Waals surface area contributed by atoms with Crippen molar-refractivity contribution in [3.63, 3.8) is 0 Å². The number of aromatic nitrogens is 3. The lowest BCUT2D eigenvalue weighted by Gasteiger charge is -2.13. The maximum atomic E-state index is 12.8. The molecule has 3 heterocycles. The largest absolute Gasteiger partial charge is 0.379 e. The molecule has 1 aliphatic heterocycles. The average Bonchev–Trinajstić information content (AvgIpc) is 3.12. The second-order valence-electron chi connectivity index (χ2n) is 6.08. The summed E-state index contributed by atoms with van der Waals surface area (Å²) in [4.78, 5) is 21.7. The van der Waals surface area contributed by atoms with Crippen LogP contribution in [0.1, 0.15) is 6.42 Å². The summed E-state index contributed by atoms with van der Waals surface area (Å²) in [6.45, 7) is 1.39. The van der Waals surface area contributed by atoms with E-state index in [4.69, 9.17) is 16.3 Å². The van der Waals surface area contributed by atoms with Gasteiger partial charge in [0.15, 0.2) is 0 Å². The molecular formula is C18H17ClN4O2. The summed E-state index contributed by atoms with van der Waals surface area (Å²) in [5.74, 6) is 0.503. The van der Waals surface area contributed by atoms with Gasteiger partial charge in [0, 0.05) is 41.4 Å². The summed E-state index contributed by atoms with van der Waals surface area (Å²) in [7, 11) is 1.71. The van der Waals surface area contributed by atoms with Crippen LogP contribution in [0, 0.1) is 0 Å². The Morgan fingerprint density at radius 1 is 1.32 bits per heavy atom. The van der Waals surface area contributed by atoms with Crippen molar-refractivity contribution in [3.8, 4) is 11.1 Å². The summed E-state index contributed by atoms with van der Waals surface area (Å²) in [6, 6.07) is 9.30.